The van der Waals surface area contributed by atoms with Crippen LogP contribution >= 0.6 is 51.2 Å². The first-order chi connectivity index (χ1) is 8.24. The van der Waals surface area contributed by atoms with Crippen molar-refractivity contribution in [3.05, 3.63) is 40.9 Å². The van der Waals surface area contributed by atoms with Crippen molar-refractivity contribution in [2.45, 2.75) is 10.1 Å². The van der Waals surface area contributed by atoms with Crippen molar-refractivity contribution in [2.24, 2.45) is 0 Å². The highest BCUT2D eigenvalue weighted by molar-refractivity contribution is 9.10. The van der Waals surface area contributed by atoms with E-state index in [1.54, 1.807) is 0 Å². The zero-order valence-electron chi connectivity index (χ0n) is 9.52. The van der Waals surface area contributed by atoms with E-state index < -0.39 is 0 Å². The van der Waals surface area contributed by atoms with Crippen LogP contribution in [-0.4, -0.2) is 28.3 Å². The van der Waals surface area contributed by atoms with Gasteiger partial charge >= 0.3 is 0 Å². The van der Waals surface area contributed by atoms with Crippen molar-refractivity contribution >= 4 is 51.2 Å². The van der Waals surface area contributed by atoms with Crippen LogP contribution in [0.25, 0.3) is 0 Å². The third-order valence-corrected chi connectivity index (χ3v) is 7.00. The second kappa shape index (κ2) is 7.17. The van der Waals surface area contributed by atoms with Gasteiger partial charge in [-0.05, 0) is 24.3 Å². The topological polar surface area (TPSA) is 0 Å². The maximum absolute atomic E-state index is 4.08. The normalized spacial score (nSPS) is 18.8. The van der Waals surface area contributed by atoms with Crippen molar-refractivity contribution in [1.82, 2.24) is 0 Å². The summed E-state index contributed by atoms with van der Waals surface area (Å²) in [6, 6.07) is 8.63. The van der Waals surface area contributed by atoms with E-state index in [2.05, 4.69) is 46.8 Å². The summed E-state index contributed by atoms with van der Waals surface area (Å²) in [7, 11) is 0. The molecule has 0 saturated carbocycles. The summed E-state index contributed by atoms with van der Waals surface area (Å²) in [5, 5.41) is 0.722. The molecule has 1 saturated heterocycles. The van der Waals surface area contributed by atoms with Crippen LogP contribution in [0.1, 0.15) is 0 Å². The first-order valence-corrected chi connectivity index (χ1v) is 9.46. The van der Waals surface area contributed by atoms with Gasteiger partial charge in [0.1, 0.15) is 0 Å². The van der Waals surface area contributed by atoms with Gasteiger partial charge in [0.25, 0.3) is 0 Å². The van der Waals surface area contributed by atoms with Gasteiger partial charge in [-0.3, -0.25) is 0 Å². The lowest BCUT2D eigenvalue weighted by molar-refractivity contribution is 1.13. The molecule has 0 amide bonds. The van der Waals surface area contributed by atoms with Gasteiger partial charge in [-0.1, -0.05) is 28.1 Å². The van der Waals surface area contributed by atoms with Crippen LogP contribution in [-0.2, 0) is 0 Å². The number of hydrogen-bond acceptors (Lipinski definition) is 3. The summed E-state index contributed by atoms with van der Waals surface area (Å²) >= 11 is 9.53. The fourth-order valence-electron chi connectivity index (χ4n) is 1.53. The zero-order valence-corrected chi connectivity index (χ0v) is 13.6. The Morgan fingerprint density at radius 1 is 1.12 bits per heavy atom. The van der Waals surface area contributed by atoms with Crippen LogP contribution in [0.3, 0.4) is 0 Å². The minimum absolute atomic E-state index is 0.722. The minimum Gasteiger partial charge on any atom is -0.156 e. The Morgan fingerprint density at radius 3 is 2.29 bits per heavy atom. The molecule has 1 aromatic rings. The molecule has 0 aromatic heterocycles. The Balaban J connectivity index is 1.89. The Kier molecular flexibility index (Phi) is 5.87. The molecular formula is C13H15BrS3. The summed E-state index contributed by atoms with van der Waals surface area (Å²) < 4.78 is 1.15. The zero-order chi connectivity index (χ0) is 12.1. The van der Waals surface area contributed by atoms with Crippen molar-refractivity contribution in [2.75, 3.05) is 23.0 Å². The van der Waals surface area contributed by atoms with Gasteiger partial charge < -0.3 is 0 Å². The van der Waals surface area contributed by atoms with Crippen LogP contribution < -0.4 is 0 Å². The van der Waals surface area contributed by atoms with Crippen LogP contribution in [0, 0.1) is 0 Å². The Hall–Kier alpha value is 0.490. The van der Waals surface area contributed by atoms with Gasteiger partial charge in [0.2, 0.25) is 0 Å². The van der Waals surface area contributed by atoms with E-state index in [4.69, 9.17) is 0 Å². The summed E-state index contributed by atoms with van der Waals surface area (Å²) in [6.45, 7) is 4.08. The third kappa shape index (κ3) is 4.93. The molecule has 0 spiro atoms. The molecule has 1 heterocycles. The molecule has 0 N–H and O–H groups in total. The second-order valence-corrected chi connectivity index (χ2v) is 8.32. The molecule has 0 nitrogen and oxygen atoms in total. The molecule has 0 atom stereocenters. The van der Waals surface area contributed by atoms with Gasteiger partial charge in [-0.2, -0.15) is 23.5 Å². The third-order valence-electron chi connectivity index (χ3n) is 2.34. The van der Waals surface area contributed by atoms with Crippen molar-refractivity contribution < 1.29 is 0 Å². The predicted octanol–water partition coefficient (Wildman–Crippen LogP) is 4.95. The Morgan fingerprint density at radius 2 is 1.71 bits per heavy atom. The molecule has 92 valence electrons. The molecule has 1 aliphatic rings. The molecule has 1 aliphatic heterocycles. The van der Waals surface area contributed by atoms with Crippen LogP contribution in [0.5, 0.6) is 0 Å². The molecule has 1 aromatic carbocycles. The van der Waals surface area contributed by atoms with Crippen molar-refractivity contribution in [3.8, 4) is 0 Å². The smallest absolute Gasteiger partial charge is 0.0276 e. The highest BCUT2D eigenvalue weighted by Crippen LogP contribution is 2.31. The molecule has 0 unspecified atom stereocenters. The molecule has 0 aliphatic carbocycles. The largest absolute Gasteiger partial charge is 0.156 e. The van der Waals surface area contributed by atoms with Crippen LogP contribution in [0.4, 0.5) is 0 Å². The fourth-order valence-corrected chi connectivity index (χ4v) is 5.65. The predicted molar refractivity (Wildman–Crippen MR) is 87.6 cm³/mol. The maximum atomic E-state index is 4.08. The van der Waals surface area contributed by atoms with E-state index in [0.29, 0.717) is 0 Å². The molecule has 0 radical (unpaired) electrons. The summed E-state index contributed by atoms with van der Waals surface area (Å²) in [6.07, 6.45) is 0. The van der Waals surface area contributed by atoms with E-state index in [0.717, 1.165) is 21.2 Å². The first kappa shape index (κ1) is 13.9. The molecule has 0 bridgehead atoms. The van der Waals surface area contributed by atoms with E-state index >= 15 is 0 Å². The number of rotatable bonds is 2. The molecule has 4 heteroatoms. The van der Waals surface area contributed by atoms with Gasteiger partial charge in [0, 0.05) is 37.6 Å². The lowest BCUT2D eigenvalue weighted by atomic mass is 10.4. The molecule has 17 heavy (non-hydrogen) atoms. The van der Waals surface area contributed by atoms with Gasteiger partial charge in [-0.15, -0.1) is 11.8 Å². The Bertz CT molecular complexity index is 363. The van der Waals surface area contributed by atoms with E-state index in [1.165, 1.54) is 22.0 Å². The summed E-state index contributed by atoms with van der Waals surface area (Å²) in [5.41, 5.74) is 1.38. The van der Waals surface area contributed by atoms with E-state index in [-0.39, 0.29) is 0 Å². The first-order valence-electron chi connectivity index (χ1n) is 5.48. The number of benzene rings is 1. The molecule has 1 fully saturated rings. The minimum atomic E-state index is 0.722. The van der Waals surface area contributed by atoms with Gasteiger partial charge in [0.15, 0.2) is 0 Å². The quantitative estimate of drug-likeness (QED) is 0.695. The average Bonchev–Trinajstić information content (AvgIpc) is 2.29. The lowest BCUT2D eigenvalue weighted by Crippen LogP contribution is -2.13. The lowest BCUT2D eigenvalue weighted by Gasteiger charge is -2.19. The highest BCUT2D eigenvalue weighted by atomic mass is 79.9. The number of hydrogen-bond donors (Lipinski definition) is 0. The van der Waals surface area contributed by atoms with Gasteiger partial charge in [0.05, 0.1) is 0 Å². The standard InChI is InChI=1S/C13H15BrS3/c1-10-6-15-8-13(9-16-7-10)17-12-4-2-11(14)3-5-12/h2-5,13H,1,6-9H2. The van der Waals surface area contributed by atoms with Crippen LogP contribution in [0.15, 0.2) is 45.8 Å². The van der Waals surface area contributed by atoms with Crippen LogP contribution in [0.2, 0.25) is 0 Å². The van der Waals surface area contributed by atoms with Gasteiger partial charge in [-0.25, -0.2) is 0 Å². The van der Waals surface area contributed by atoms with Crippen molar-refractivity contribution in [3.63, 3.8) is 0 Å². The summed E-state index contributed by atoms with van der Waals surface area (Å²) in [5.74, 6) is 4.72. The number of thioether (sulfide) groups is 3. The van der Waals surface area contributed by atoms with Crippen molar-refractivity contribution in [1.29, 1.82) is 0 Å². The monoisotopic (exact) mass is 346 g/mol. The molecular weight excluding hydrogens is 332 g/mol. The average molecular weight is 347 g/mol. The second-order valence-electron chi connectivity index (χ2n) is 3.97. The van der Waals surface area contributed by atoms with E-state index in [9.17, 15) is 0 Å². The summed E-state index contributed by atoms with van der Waals surface area (Å²) in [4.78, 5) is 1.37. The number of halogens is 1. The van der Waals surface area contributed by atoms with E-state index in [1.807, 2.05) is 35.3 Å². The SMILES string of the molecule is C=C1CSCC(Sc2ccc(Br)cc2)CSC1. The maximum Gasteiger partial charge on any atom is 0.0276 e. The highest BCUT2D eigenvalue weighted by Gasteiger charge is 2.14. The fraction of sp³-hybridized carbons (Fsp3) is 0.385. The molecule has 2 rings (SSSR count). The Labute approximate surface area is 125 Å².